The van der Waals surface area contributed by atoms with E-state index < -0.39 is 17.8 Å². The summed E-state index contributed by atoms with van der Waals surface area (Å²) in [4.78, 5) is 16.5. The molecule has 7 heteroatoms. The van der Waals surface area contributed by atoms with Gasteiger partial charge in [-0.1, -0.05) is 72.1 Å². The third-order valence-electron chi connectivity index (χ3n) is 6.91. The van der Waals surface area contributed by atoms with Gasteiger partial charge in [0, 0.05) is 16.8 Å². The summed E-state index contributed by atoms with van der Waals surface area (Å²) in [6.07, 6.45) is 9.78. The minimum atomic E-state index is -0.922. The van der Waals surface area contributed by atoms with Crippen LogP contribution in [-0.4, -0.2) is 17.1 Å². The number of anilines is 3. The lowest BCUT2D eigenvalue weighted by Gasteiger charge is -2.22. The standard InChI is InChI=1S/C30H36F2N4O.C2H6/c1-4-7-10-19(9-5-2)20-13-15-21(16-14-20)30(37)36-28-22-17-18-26(35-29(22)34-24(28)6-3)33-25-12-8-11-23(31)27(25)32;1-2/h8,11-19,26,33-35H,4-7,9-10H2,1-3H3,(H,36,37);1-2H3. The Labute approximate surface area is 231 Å². The first-order valence-corrected chi connectivity index (χ1v) is 14.3. The van der Waals surface area contributed by atoms with Gasteiger partial charge in [0.05, 0.1) is 11.4 Å². The van der Waals surface area contributed by atoms with Crippen molar-refractivity contribution in [2.75, 3.05) is 16.0 Å². The van der Waals surface area contributed by atoms with Crippen molar-refractivity contribution in [3.8, 4) is 0 Å². The van der Waals surface area contributed by atoms with Crippen LogP contribution in [0.5, 0.6) is 0 Å². The zero-order chi connectivity index (χ0) is 28.4. The van der Waals surface area contributed by atoms with E-state index in [0.717, 1.165) is 35.9 Å². The molecule has 1 amide bonds. The second kappa shape index (κ2) is 14.5. The molecule has 1 aliphatic heterocycles. The van der Waals surface area contributed by atoms with Crippen LogP contribution in [0.3, 0.4) is 0 Å². The Morgan fingerprint density at radius 2 is 1.74 bits per heavy atom. The van der Waals surface area contributed by atoms with Gasteiger partial charge in [-0.05, 0) is 67.2 Å². The predicted molar refractivity (Wildman–Crippen MR) is 160 cm³/mol. The Bertz CT molecular complexity index is 1250. The Balaban J connectivity index is 0.00000205. The van der Waals surface area contributed by atoms with Gasteiger partial charge in [-0.25, -0.2) is 8.78 Å². The average molecular weight is 537 g/mol. The Kier molecular flexibility index (Phi) is 11.1. The van der Waals surface area contributed by atoms with Crippen LogP contribution in [0, 0.1) is 11.6 Å². The van der Waals surface area contributed by atoms with Crippen molar-refractivity contribution >= 4 is 29.2 Å². The van der Waals surface area contributed by atoms with Crippen LogP contribution in [0.1, 0.15) is 99.8 Å². The molecule has 0 fully saturated rings. The second-order valence-corrected chi connectivity index (χ2v) is 9.55. The number of hydrogen-bond acceptors (Lipinski definition) is 3. The van der Waals surface area contributed by atoms with E-state index in [1.54, 1.807) is 0 Å². The van der Waals surface area contributed by atoms with Gasteiger partial charge in [0.15, 0.2) is 11.6 Å². The zero-order valence-electron chi connectivity index (χ0n) is 23.8. The maximum Gasteiger partial charge on any atom is 0.255 e. The summed E-state index contributed by atoms with van der Waals surface area (Å²) >= 11 is 0. The van der Waals surface area contributed by atoms with Gasteiger partial charge in [-0.2, -0.15) is 0 Å². The first-order chi connectivity index (χ1) is 18.9. The van der Waals surface area contributed by atoms with Crippen LogP contribution < -0.4 is 16.0 Å². The summed E-state index contributed by atoms with van der Waals surface area (Å²) in [5.41, 5.74) is 4.40. The molecule has 4 N–H and O–H groups in total. The average Bonchev–Trinajstić information content (AvgIpc) is 3.31. The van der Waals surface area contributed by atoms with Crippen molar-refractivity contribution in [3.05, 3.63) is 82.6 Å². The van der Waals surface area contributed by atoms with Crippen LogP contribution in [-0.2, 0) is 6.42 Å². The summed E-state index contributed by atoms with van der Waals surface area (Å²) in [6.45, 7) is 10.4. The first kappa shape index (κ1) is 29.9. The van der Waals surface area contributed by atoms with E-state index in [-0.39, 0.29) is 11.6 Å². The molecule has 5 nitrogen and oxygen atoms in total. The lowest BCUT2D eigenvalue weighted by molar-refractivity contribution is 0.102. The van der Waals surface area contributed by atoms with Gasteiger partial charge in [0.25, 0.3) is 5.91 Å². The molecule has 1 aromatic heterocycles. The number of halogens is 2. The molecule has 2 aromatic carbocycles. The number of hydrogen-bond donors (Lipinski definition) is 4. The van der Waals surface area contributed by atoms with Crippen molar-refractivity contribution in [1.82, 2.24) is 4.98 Å². The summed E-state index contributed by atoms with van der Waals surface area (Å²) < 4.78 is 27.7. The number of aromatic nitrogens is 1. The van der Waals surface area contributed by atoms with Gasteiger partial charge in [-0.3, -0.25) is 4.79 Å². The Morgan fingerprint density at radius 3 is 2.41 bits per heavy atom. The van der Waals surface area contributed by atoms with Gasteiger partial charge in [-0.15, -0.1) is 0 Å². The minimum absolute atomic E-state index is 0.0701. The Morgan fingerprint density at radius 1 is 1.00 bits per heavy atom. The largest absolute Gasteiger partial charge is 0.360 e. The third kappa shape index (κ3) is 7.28. The molecule has 39 heavy (non-hydrogen) atoms. The highest BCUT2D eigenvalue weighted by molar-refractivity contribution is 6.06. The number of fused-ring (bicyclic) bond motifs is 1. The SMILES string of the molecule is CC.CCCCC(CCC)c1ccc(C(=O)Nc2c(CC)[nH]c3c2C=CC(Nc2cccc(F)c2F)N3)cc1. The topological polar surface area (TPSA) is 69.0 Å². The van der Waals surface area contributed by atoms with Crippen molar-refractivity contribution in [2.24, 2.45) is 0 Å². The van der Waals surface area contributed by atoms with E-state index in [1.165, 1.54) is 37.0 Å². The van der Waals surface area contributed by atoms with Crippen LogP contribution in [0.2, 0.25) is 0 Å². The first-order valence-electron chi connectivity index (χ1n) is 14.3. The molecule has 0 spiro atoms. The maximum absolute atomic E-state index is 14.1. The van der Waals surface area contributed by atoms with Gasteiger partial charge >= 0.3 is 0 Å². The van der Waals surface area contributed by atoms with E-state index in [0.29, 0.717) is 23.7 Å². The summed E-state index contributed by atoms with van der Waals surface area (Å²) in [5, 5.41) is 9.30. The number of rotatable bonds is 11. The number of amides is 1. The molecule has 0 bridgehead atoms. The molecule has 0 saturated carbocycles. The van der Waals surface area contributed by atoms with Crippen molar-refractivity contribution in [3.63, 3.8) is 0 Å². The highest BCUT2D eigenvalue weighted by Gasteiger charge is 2.23. The number of unbranched alkanes of at least 4 members (excludes halogenated alkanes) is 1. The number of nitrogens with one attached hydrogen (secondary N) is 4. The highest BCUT2D eigenvalue weighted by atomic mass is 19.2. The molecule has 4 rings (SSSR count). The third-order valence-corrected chi connectivity index (χ3v) is 6.91. The fourth-order valence-corrected chi connectivity index (χ4v) is 4.89. The van der Waals surface area contributed by atoms with Crippen molar-refractivity contribution < 1.29 is 13.6 Å². The van der Waals surface area contributed by atoms with Gasteiger partial charge < -0.3 is 20.9 Å². The van der Waals surface area contributed by atoms with Gasteiger partial charge in [0.2, 0.25) is 0 Å². The fraction of sp³-hybridized carbons (Fsp3) is 0.406. The lowest BCUT2D eigenvalue weighted by atomic mass is 9.89. The second-order valence-electron chi connectivity index (χ2n) is 9.55. The lowest BCUT2D eigenvalue weighted by Crippen LogP contribution is -2.29. The molecule has 0 radical (unpaired) electrons. The number of H-pyrrole nitrogens is 1. The molecule has 210 valence electrons. The van der Waals surface area contributed by atoms with Crippen molar-refractivity contribution in [1.29, 1.82) is 0 Å². The molecule has 1 aliphatic rings. The number of benzene rings is 2. The number of carbonyl (C=O) groups is 1. The molecule has 0 aliphatic carbocycles. The highest BCUT2D eigenvalue weighted by Crippen LogP contribution is 2.35. The minimum Gasteiger partial charge on any atom is -0.360 e. The normalized spacial score (nSPS) is 14.5. The van der Waals surface area contributed by atoms with E-state index in [1.807, 2.05) is 45.1 Å². The summed E-state index contributed by atoms with van der Waals surface area (Å²) in [7, 11) is 0. The number of aromatic amines is 1. The molecular weight excluding hydrogens is 494 g/mol. The van der Waals surface area contributed by atoms with Crippen LogP contribution in [0.25, 0.3) is 6.08 Å². The molecule has 2 unspecified atom stereocenters. The van der Waals surface area contributed by atoms with E-state index in [9.17, 15) is 13.6 Å². The molecule has 2 heterocycles. The number of carbonyl (C=O) groups excluding carboxylic acids is 1. The van der Waals surface area contributed by atoms with E-state index in [2.05, 4.69) is 46.9 Å². The molecular formula is C32H42F2N4O. The quantitative estimate of drug-likeness (QED) is 0.198. The number of aryl methyl sites for hydroxylation is 1. The van der Waals surface area contributed by atoms with Crippen LogP contribution in [0.4, 0.5) is 26.0 Å². The molecule has 0 saturated heterocycles. The smallest absolute Gasteiger partial charge is 0.255 e. The fourth-order valence-electron chi connectivity index (χ4n) is 4.89. The Hall–Kier alpha value is -3.61. The summed E-state index contributed by atoms with van der Waals surface area (Å²) in [6, 6.07) is 12.0. The maximum atomic E-state index is 14.1. The van der Waals surface area contributed by atoms with Crippen LogP contribution in [0.15, 0.2) is 48.5 Å². The molecule has 3 aromatic rings. The van der Waals surface area contributed by atoms with Gasteiger partial charge in [0.1, 0.15) is 12.0 Å². The molecule has 2 atom stereocenters. The van der Waals surface area contributed by atoms with Crippen LogP contribution >= 0.6 is 0 Å². The summed E-state index contributed by atoms with van der Waals surface area (Å²) in [5.74, 6) is -0.756. The monoisotopic (exact) mass is 536 g/mol. The van der Waals surface area contributed by atoms with E-state index in [4.69, 9.17) is 0 Å². The van der Waals surface area contributed by atoms with E-state index >= 15 is 0 Å². The predicted octanol–water partition coefficient (Wildman–Crippen LogP) is 9.08. The zero-order valence-corrected chi connectivity index (χ0v) is 23.8. The van der Waals surface area contributed by atoms with Crippen molar-refractivity contribution in [2.45, 2.75) is 85.2 Å².